The maximum Gasteiger partial charge on any atom is 0.472 e. The van der Waals surface area contributed by atoms with Gasteiger partial charge in [0.25, 0.3) is 0 Å². The summed E-state index contributed by atoms with van der Waals surface area (Å²) in [6.07, 6.45) is 27.1. The first-order chi connectivity index (χ1) is 28.0. The Morgan fingerprint density at radius 1 is 0.534 bits per heavy atom. The van der Waals surface area contributed by atoms with Crippen molar-refractivity contribution in [1.29, 1.82) is 0 Å². The third-order valence-electron chi connectivity index (χ3n) is 11.1. The standard InChI is InChI=1S/C45H87O12P/c1-3-5-7-9-11-13-15-17-18-19-20-21-22-23-25-27-29-31-33-35-54-36-38(56-39(46)34-32-30-28-26-24-16-14-12-10-8-6-4-2)37-55-58(52,53)57-45-43(50)41(48)40(47)42(49)44(45)51/h18-19,38,40-45,47-51H,3-17,20-37H2,1-2H3,(H,52,53)/b19-18-. The summed E-state index contributed by atoms with van der Waals surface area (Å²) in [6.45, 7) is 4.26. The fraction of sp³-hybridized carbons (Fsp3) is 0.933. The number of aliphatic hydroxyl groups excluding tert-OH is 5. The molecule has 0 saturated heterocycles. The number of rotatable bonds is 40. The minimum absolute atomic E-state index is 0.0734. The average Bonchev–Trinajstić information content (AvgIpc) is 3.21. The quantitative estimate of drug-likeness (QED) is 0.0148. The van der Waals surface area contributed by atoms with Gasteiger partial charge in [0.1, 0.15) is 42.7 Å². The smallest absolute Gasteiger partial charge is 0.457 e. The van der Waals surface area contributed by atoms with Gasteiger partial charge < -0.3 is 39.9 Å². The number of unbranched alkanes of at least 4 members (excludes halogenated alkanes) is 26. The van der Waals surface area contributed by atoms with Crippen LogP contribution < -0.4 is 0 Å². The van der Waals surface area contributed by atoms with E-state index in [0.29, 0.717) is 13.0 Å². The summed E-state index contributed by atoms with van der Waals surface area (Å²) in [5.41, 5.74) is 0. The number of allylic oxidation sites excluding steroid dienone is 2. The highest BCUT2D eigenvalue weighted by Gasteiger charge is 2.51. The van der Waals surface area contributed by atoms with E-state index >= 15 is 0 Å². The largest absolute Gasteiger partial charge is 0.472 e. The molecule has 6 atom stereocenters. The molecule has 0 spiro atoms. The van der Waals surface area contributed by atoms with Crippen LogP contribution in [0.2, 0.25) is 0 Å². The summed E-state index contributed by atoms with van der Waals surface area (Å²) in [7, 11) is -5.01. The molecule has 0 radical (unpaired) electrons. The summed E-state index contributed by atoms with van der Waals surface area (Å²) >= 11 is 0. The molecule has 1 aliphatic carbocycles. The van der Waals surface area contributed by atoms with Gasteiger partial charge in [-0.1, -0.05) is 174 Å². The topological polar surface area (TPSA) is 192 Å². The van der Waals surface area contributed by atoms with Crippen molar-refractivity contribution in [1.82, 2.24) is 0 Å². The molecule has 1 aliphatic rings. The van der Waals surface area contributed by atoms with Gasteiger partial charge in [-0.25, -0.2) is 4.57 Å². The summed E-state index contributed by atoms with van der Waals surface area (Å²) in [5, 5.41) is 50.1. The molecule has 344 valence electrons. The number of ether oxygens (including phenoxy) is 2. The van der Waals surface area contributed by atoms with E-state index in [1.54, 1.807) is 0 Å². The van der Waals surface area contributed by atoms with Gasteiger partial charge >= 0.3 is 13.8 Å². The van der Waals surface area contributed by atoms with Crippen molar-refractivity contribution < 1.29 is 58.3 Å². The molecule has 1 saturated carbocycles. The molecular formula is C45H87O12P. The van der Waals surface area contributed by atoms with E-state index in [-0.39, 0.29) is 13.0 Å². The fourth-order valence-electron chi connectivity index (χ4n) is 7.35. The van der Waals surface area contributed by atoms with Crippen molar-refractivity contribution in [3.63, 3.8) is 0 Å². The number of esters is 1. The Hall–Kier alpha value is -0.920. The van der Waals surface area contributed by atoms with Crippen molar-refractivity contribution in [2.45, 2.75) is 249 Å². The molecule has 0 aromatic rings. The van der Waals surface area contributed by atoms with E-state index in [0.717, 1.165) is 38.5 Å². The van der Waals surface area contributed by atoms with E-state index < -0.39 is 63.1 Å². The number of phosphoric acid groups is 1. The van der Waals surface area contributed by atoms with E-state index in [9.17, 15) is 39.8 Å². The maximum absolute atomic E-state index is 12.8. The molecule has 0 aromatic carbocycles. The molecule has 0 aromatic heterocycles. The Balaban J connectivity index is 2.36. The van der Waals surface area contributed by atoms with Gasteiger partial charge in [0.05, 0.1) is 13.2 Å². The van der Waals surface area contributed by atoms with Crippen molar-refractivity contribution in [2.75, 3.05) is 19.8 Å². The van der Waals surface area contributed by atoms with Gasteiger partial charge in [0.2, 0.25) is 0 Å². The lowest BCUT2D eigenvalue weighted by Gasteiger charge is -2.41. The van der Waals surface area contributed by atoms with E-state index in [1.807, 2.05) is 0 Å². The van der Waals surface area contributed by atoms with Crippen LogP contribution in [0.4, 0.5) is 0 Å². The molecule has 1 fully saturated rings. The number of carbonyl (C=O) groups is 1. The van der Waals surface area contributed by atoms with Crippen molar-refractivity contribution in [3.8, 4) is 0 Å². The van der Waals surface area contributed by atoms with Gasteiger partial charge in [0.15, 0.2) is 0 Å². The molecule has 0 aliphatic heterocycles. The number of phosphoric ester groups is 1. The number of carbonyl (C=O) groups excluding carboxylic acids is 1. The molecule has 0 bridgehead atoms. The summed E-state index contributed by atoms with van der Waals surface area (Å²) < 4.78 is 34.2. The first kappa shape index (κ1) is 55.1. The number of hydrogen-bond donors (Lipinski definition) is 6. The lowest BCUT2D eigenvalue weighted by molar-refractivity contribution is -0.220. The predicted molar refractivity (Wildman–Crippen MR) is 230 cm³/mol. The van der Waals surface area contributed by atoms with Crippen LogP contribution >= 0.6 is 7.82 Å². The lowest BCUT2D eigenvalue weighted by atomic mass is 9.85. The summed E-state index contributed by atoms with van der Waals surface area (Å²) in [5.74, 6) is -0.476. The molecule has 1 rings (SSSR count). The van der Waals surface area contributed by atoms with Crippen molar-refractivity contribution >= 4 is 13.8 Å². The van der Waals surface area contributed by atoms with Crippen LogP contribution in [0.25, 0.3) is 0 Å². The highest BCUT2D eigenvalue weighted by atomic mass is 31.2. The molecule has 58 heavy (non-hydrogen) atoms. The van der Waals surface area contributed by atoms with Crippen LogP contribution in [-0.4, -0.2) is 98.9 Å². The van der Waals surface area contributed by atoms with E-state index in [2.05, 4.69) is 26.0 Å². The second-order valence-corrected chi connectivity index (χ2v) is 18.0. The minimum atomic E-state index is -5.01. The first-order valence-electron chi connectivity index (χ1n) is 23.5. The molecule has 6 unspecified atom stereocenters. The van der Waals surface area contributed by atoms with Gasteiger partial charge in [-0.15, -0.1) is 0 Å². The van der Waals surface area contributed by atoms with Gasteiger partial charge in [-0.2, -0.15) is 0 Å². The van der Waals surface area contributed by atoms with Gasteiger partial charge in [-0.3, -0.25) is 13.8 Å². The second kappa shape index (κ2) is 36.7. The Kier molecular flexibility index (Phi) is 34.9. The fourth-order valence-corrected chi connectivity index (χ4v) is 8.32. The van der Waals surface area contributed by atoms with Crippen LogP contribution in [0, 0.1) is 0 Å². The number of hydrogen-bond acceptors (Lipinski definition) is 11. The third kappa shape index (κ3) is 28.6. The Bertz CT molecular complexity index is 1020. The van der Waals surface area contributed by atoms with Crippen LogP contribution in [-0.2, 0) is 27.9 Å². The second-order valence-electron chi connectivity index (χ2n) is 16.6. The Morgan fingerprint density at radius 2 is 0.914 bits per heavy atom. The Morgan fingerprint density at radius 3 is 1.36 bits per heavy atom. The summed E-state index contributed by atoms with van der Waals surface area (Å²) in [6, 6.07) is 0. The minimum Gasteiger partial charge on any atom is -0.457 e. The lowest BCUT2D eigenvalue weighted by Crippen LogP contribution is -2.64. The van der Waals surface area contributed by atoms with Crippen LogP contribution in [0.5, 0.6) is 0 Å². The molecule has 0 heterocycles. The van der Waals surface area contributed by atoms with Gasteiger partial charge in [-0.05, 0) is 38.5 Å². The van der Waals surface area contributed by atoms with Crippen molar-refractivity contribution in [3.05, 3.63) is 12.2 Å². The number of aliphatic hydroxyl groups is 5. The molecule has 13 heteroatoms. The normalized spacial score (nSPS) is 22.7. The zero-order chi connectivity index (χ0) is 42.7. The SMILES string of the molecule is CCCCCCCCC/C=C\CCCCCCCCCCOCC(COP(=O)(O)OC1C(O)C(O)C(O)C(O)C1O)OC(=O)CCCCCCCCCCCCCC. The monoisotopic (exact) mass is 851 g/mol. The Labute approximate surface area is 352 Å². The van der Waals surface area contributed by atoms with E-state index in [1.165, 1.54) is 141 Å². The summed E-state index contributed by atoms with van der Waals surface area (Å²) in [4.78, 5) is 23.1. The van der Waals surface area contributed by atoms with Crippen LogP contribution in [0.1, 0.15) is 206 Å². The van der Waals surface area contributed by atoms with Crippen LogP contribution in [0.15, 0.2) is 12.2 Å². The van der Waals surface area contributed by atoms with Crippen LogP contribution in [0.3, 0.4) is 0 Å². The van der Waals surface area contributed by atoms with E-state index in [4.69, 9.17) is 18.5 Å². The average molecular weight is 851 g/mol. The van der Waals surface area contributed by atoms with Gasteiger partial charge in [0, 0.05) is 13.0 Å². The maximum atomic E-state index is 12.8. The van der Waals surface area contributed by atoms with Crippen molar-refractivity contribution in [2.24, 2.45) is 0 Å². The predicted octanol–water partition coefficient (Wildman–Crippen LogP) is 9.53. The highest BCUT2D eigenvalue weighted by Crippen LogP contribution is 2.47. The highest BCUT2D eigenvalue weighted by molar-refractivity contribution is 7.47. The zero-order valence-corrected chi connectivity index (χ0v) is 37.5. The molecule has 0 amide bonds. The molecular weight excluding hydrogens is 763 g/mol. The zero-order valence-electron chi connectivity index (χ0n) is 36.6. The first-order valence-corrected chi connectivity index (χ1v) is 25.0. The third-order valence-corrected chi connectivity index (χ3v) is 12.1. The molecule has 6 N–H and O–H groups in total. The molecule has 12 nitrogen and oxygen atoms in total.